The third-order valence-corrected chi connectivity index (χ3v) is 6.43. The number of halogens is 1. The van der Waals surface area contributed by atoms with Gasteiger partial charge in [0, 0.05) is 44.5 Å². The molecular formula is C27H36FN3O4. The highest BCUT2D eigenvalue weighted by Gasteiger charge is 2.28. The quantitative estimate of drug-likeness (QED) is 0.684. The molecule has 2 amide bonds. The van der Waals surface area contributed by atoms with Gasteiger partial charge in [-0.2, -0.15) is 0 Å². The number of likely N-dealkylation sites (N-methyl/N-ethyl adjacent to an activating group) is 1. The molecule has 0 saturated heterocycles. The van der Waals surface area contributed by atoms with Gasteiger partial charge in [0.05, 0.1) is 11.7 Å². The van der Waals surface area contributed by atoms with Crippen molar-refractivity contribution in [3.63, 3.8) is 0 Å². The predicted octanol–water partition coefficient (Wildman–Crippen LogP) is 4.29. The maximum atomic E-state index is 13.5. The fourth-order valence-corrected chi connectivity index (χ4v) is 4.36. The molecule has 1 N–H and O–H groups in total. The maximum absolute atomic E-state index is 13.5. The molecule has 2 aromatic carbocycles. The Morgan fingerprint density at radius 1 is 1.20 bits per heavy atom. The van der Waals surface area contributed by atoms with Crippen molar-refractivity contribution in [2.45, 2.75) is 39.3 Å². The number of anilines is 1. The van der Waals surface area contributed by atoms with Crippen LogP contribution in [-0.2, 0) is 4.74 Å². The van der Waals surface area contributed by atoms with Crippen LogP contribution in [0.25, 0.3) is 0 Å². The summed E-state index contributed by atoms with van der Waals surface area (Å²) >= 11 is 0. The van der Waals surface area contributed by atoms with Crippen LogP contribution in [0.2, 0.25) is 0 Å². The number of nitrogens with zero attached hydrogens (tertiary/aromatic N) is 2. The van der Waals surface area contributed by atoms with Crippen molar-refractivity contribution in [2.75, 3.05) is 45.7 Å². The summed E-state index contributed by atoms with van der Waals surface area (Å²) in [6, 6.07) is 10.6. The van der Waals surface area contributed by atoms with E-state index in [1.54, 1.807) is 37.3 Å². The molecule has 0 aliphatic carbocycles. The van der Waals surface area contributed by atoms with Gasteiger partial charge in [0.1, 0.15) is 18.2 Å². The van der Waals surface area contributed by atoms with E-state index < -0.39 is 11.7 Å². The molecule has 3 rings (SSSR count). The van der Waals surface area contributed by atoms with Crippen LogP contribution in [-0.4, -0.2) is 74.2 Å². The molecule has 1 aliphatic heterocycles. The molecule has 0 aromatic heterocycles. The van der Waals surface area contributed by atoms with Crippen LogP contribution in [0.15, 0.2) is 42.5 Å². The van der Waals surface area contributed by atoms with Crippen molar-refractivity contribution in [1.82, 2.24) is 9.80 Å². The minimum absolute atomic E-state index is 0.129. The molecule has 0 spiro atoms. The fourth-order valence-electron chi connectivity index (χ4n) is 4.36. The standard InChI is InChI=1S/C27H36FN3O4/c1-6-12-31-15-18(2)25(34-5)16-30(4)27(33)23-14-22(10-11-24(23)35-17-19(31)3)29-26(32)20-8-7-9-21(28)13-20/h7-11,13-14,18-19,25H,6,12,15-17H2,1-5H3,(H,29,32)/t18-,19+,25+/m1/s1. The number of hydrogen-bond acceptors (Lipinski definition) is 5. The molecule has 0 saturated carbocycles. The van der Waals surface area contributed by atoms with Crippen molar-refractivity contribution in [3.05, 3.63) is 59.4 Å². The first-order chi connectivity index (χ1) is 16.7. The molecule has 7 nitrogen and oxygen atoms in total. The lowest BCUT2D eigenvalue weighted by atomic mass is 10.0. The zero-order valence-electron chi connectivity index (χ0n) is 21.2. The Morgan fingerprint density at radius 2 is 1.97 bits per heavy atom. The smallest absolute Gasteiger partial charge is 0.257 e. The van der Waals surface area contributed by atoms with Crippen molar-refractivity contribution >= 4 is 17.5 Å². The minimum Gasteiger partial charge on any atom is -0.491 e. The number of carbonyl (C=O) groups excluding carboxylic acids is 2. The third-order valence-electron chi connectivity index (χ3n) is 6.43. The number of methoxy groups -OCH3 is 1. The van der Waals surface area contributed by atoms with E-state index in [0.717, 1.165) is 19.5 Å². The van der Waals surface area contributed by atoms with Crippen molar-refractivity contribution < 1.29 is 23.5 Å². The van der Waals surface area contributed by atoms with Gasteiger partial charge in [0.15, 0.2) is 0 Å². The Balaban J connectivity index is 1.92. The van der Waals surface area contributed by atoms with Gasteiger partial charge in [-0.1, -0.05) is 19.9 Å². The van der Waals surface area contributed by atoms with Crippen molar-refractivity contribution in [3.8, 4) is 5.75 Å². The van der Waals surface area contributed by atoms with Gasteiger partial charge in [-0.05, 0) is 62.2 Å². The summed E-state index contributed by atoms with van der Waals surface area (Å²) < 4.78 is 25.4. The second-order valence-corrected chi connectivity index (χ2v) is 9.27. The summed E-state index contributed by atoms with van der Waals surface area (Å²) in [4.78, 5) is 30.1. The lowest BCUT2D eigenvalue weighted by molar-refractivity contribution is 0.0108. The molecule has 0 fully saturated rings. The van der Waals surface area contributed by atoms with Gasteiger partial charge < -0.3 is 19.7 Å². The second-order valence-electron chi connectivity index (χ2n) is 9.27. The Labute approximate surface area is 207 Å². The number of rotatable bonds is 5. The first kappa shape index (κ1) is 26.6. The summed E-state index contributed by atoms with van der Waals surface area (Å²) in [6.45, 7) is 9.05. The highest BCUT2D eigenvalue weighted by atomic mass is 19.1. The number of hydrogen-bond donors (Lipinski definition) is 1. The van der Waals surface area contributed by atoms with Gasteiger partial charge in [-0.3, -0.25) is 14.5 Å². The highest BCUT2D eigenvalue weighted by Crippen LogP contribution is 2.27. The normalized spacial score (nSPS) is 21.9. The van der Waals surface area contributed by atoms with E-state index in [4.69, 9.17) is 9.47 Å². The summed E-state index contributed by atoms with van der Waals surface area (Å²) in [5.74, 6) is -0.517. The van der Waals surface area contributed by atoms with Crippen LogP contribution >= 0.6 is 0 Å². The Hall–Kier alpha value is -2.97. The number of nitrogens with one attached hydrogen (secondary N) is 1. The molecule has 0 bridgehead atoms. The second kappa shape index (κ2) is 12.1. The van der Waals surface area contributed by atoms with Gasteiger partial charge in [-0.25, -0.2) is 4.39 Å². The number of benzene rings is 2. The molecule has 35 heavy (non-hydrogen) atoms. The number of ether oxygens (including phenoxy) is 2. The summed E-state index contributed by atoms with van der Waals surface area (Å²) in [6.07, 6.45) is 0.896. The highest BCUT2D eigenvalue weighted by molar-refractivity contribution is 6.05. The average Bonchev–Trinajstić information content (AvgIpc) is 2.84. The van der Waals surface area contributed by atoms with Crippen LogP contribution in [0, 0.1) is 11.7 Å². The molecular weight excluding hydrogens is 449 g/mol. The Kier molecular flexibility index (Phi) is 9.23. The van der Waals surface area contributed by atoms with Crippen LogP contribution in [0.5, 0.6) is 5.75 Å². The SMILES string of the molecule is CCCN1C[C@@H](C)[C@@H](OC)CN(C)C(=O)c2cc(NC(=O)c3cccc(F)c3)ccc2OC[C@@H]1C. The van der Waals surface area contributed by atoms with Gasteiger partial charge in [0.2, 0.25) is 0 Å². The number of amides is 2. The first-order valence-corrected chi connectivity index (χ1v) is 12.1. The van der Waals surface area contributed by atoms with E-state index in [2.05, 4.69) is 31.0 Å². The lowest BCUT2D eigenvalue weighted by Gasteiger charge is -2.35. The van der Waals surface area contributed by atoms with Crippen LogP contribution in [0.3, 0.4) is 0 Å². The Bertz CT molecular complexity index is 1030. The van der Waals surface area contributed by atoms with Gasteiger partial charge >= 0.3 is 0 Å². The van der Waals surface area contributed by atoms with Crippen molar-refractivity contribution in [2.24, 2.45) is 5.92 Å². The van der Waals surface area contributed by atoms with E-state index >= 15 is 0 Å². The zero-order valence-corrected chi connectivity index (χ0v) is 21.2. The molecule has 0 radical (unpaired) electrons. The lowest BCUT2D eigenvalue weighted by Crippen LogP contribution is -2.46. The van der Waals surface area contributed by atoms with E-state index in [-0.39, 0.29) is 29.5 Å². The average molecular weight is 486 g/mol. The fraction of sp³-hybridized carbons (Fsp3) is 0.481. The van der Waals surface area contributed by atoms with Crippen LogP contribution < -0.4 is 10.1 Å². The molecule has 1 aliphatic rings. The summed E-state index contributed by atoms with van der Waals surface area (Å²) in [5.41, 5.74) is 0.967. The maximum Gasteiger partial charge on any atom is 0.257 e. The van der Waals surface area contributed by atoms with Crippen LogP contribution in [0.1, 0.15) is 47.9 Å². The molecule has 0 unspecified atom stereocenters. The largest absolute Gasteiger partial charge is 0.491 e. The minimum atomic E-state index is -0.492. The van der Waals surface area contributed by atoms with E-state index in [1.807, 2.05) is 0 Å². The molecule has 8 heteroatoms. The van der Waals surface area contributed by atoms with E-state index in [1.165, 1.54) is 24.3 Å². The first-order valence-electron chi connectivity index (χ1n) is 12.1. The predicted molar refractivity (Wildman–Crippen MR) is 135 cm³/mol. The van der Waals surface area contributed by atoms with E-state index in [0.29, 0.717) is 30.2 Å². The van der Waals surface area contributed by atoms with Gasteiger partial charge in [0.25, 0.3) is 11.8 Å². The van der Waals surface area contributed by atoms with E-state index in [9.17, 15) is 14.0 Å². The molecule has 2 aromatic rings. The summed E-state index contributed by atoms with van der Waals surface area (Å²) in [7, 11) is 3.41. The molecule has 190 valence electrons. The monoisotopic (exact) mass is 485 g/mol. The number of carbonyl (C=O) groups is 2. The van der Waals surface area contributed by atoms with Crippen LogP contribution in [0.4, 0.5) is 10.1 Å². The Morgan fingerprint density at radius 3 is 2.66 bits per heavy atom. The number of fused-ring (bicyclic) bond motifs is 1. The topological polar surface area (TPSA) is 71.1 Å². The van der Waals surface area contributed by atoms with Crippen molar-refractivity contribution in [1.29, 1.82) is 0 Å². The third kappa shape index (κ3) is 6.80. The molecule has 3 atom stereocenters. The zero-order chi connectivity index (χ0) is 25.5. The van der Waals surface area contributed by atoms with Gasteiger partial charge in [-0.15, -0.1) is 0 Å². The molecule has 1 heterocycles. The summed E-state index contributed by atoms with van der Waals surface area (Å²) in [5, 5.41) is 2.75.